The van der Waals surface area contributed by atoms with Crippen molar-refractivity contribution in [1.29, 1.82) is 0 Å². The van der Waals surface area contributed by atoms with Crippen LogP contribution >= 0.6 is 12.4 Å². The molecule has 1 aromatic rings. The summed E-state index contributed by atoms with van der Waals surface area (Å²) in [6, 6.07) is 5.59. The summed E-state index contributed by atoms with van der Waals surface area (Å²) in [5, 5.41) is 8.90. The standard InChI is InChI=1S/C18H25F3N2O4.ClH/c1-22(13-17(24)25)14-3-2-9-23(10-8-14)11-12-26-15-4-6-16(7-5-15)27-18(19,20)21;/h4-7,14H,2-3,8-13H2,1H3,(H,24,25);1H. The summed E-state index contributed by atoms with van der Waals surface area (Å²) in [6.45, 7) is 2.95. The van der Waals surface area contributed by atoms with Gasteiger partial charge in [0.25, 0.3) is 0 Å². The lowest BCUT2D eigenvalue weighted by molar-refractivity contribution is -0.274. The van der Waals surface area contributed by atoms with Crippen LogP contribution in [0.25, 0.3) is 0 Å². The molecule has 1 saturated heterocycles. The Morgan fingerprint density at radius 1 is 1.21 bits per heavy atom. The van der Waals surface area contributed by atoms with Crippen molar-refractivity contribution in [2.75, 3.05) is 39.8 Å². The van der Waals surface area contributed by atoms with Crippen LogP contribution in [-0.2, 0) is 4.79 Å². The summed E-state index contributed by atoms with van der Waals surface area (Å²) < 4.78 is 45.8. The van der Waals surface area contributed by atoms with Crippen LogP contribution in [0.1, 0.15) is 19.3 Å². The minimum atomic E-state index is -4.70. The van der Waals surface area contributed by atoms with Gasteiger partial charge in [-0.2, -0.15) is 0 Å². The summed E-state index contributed by atoms with van der Waals surface area (Å²) in [5.74, 6) is -0.615. The van der Waals surface area contributed by atoms with Gasteiger partial charge in [0.05, 0.1) is 6.54 Å². The number of halogens is 4. The van der Waals surface area contributed by atoms with Crippen molar-refractivity contribution in [2.24, 2.45) is 0 Å². The molecule has 0 saturated carbocycles. The van der Waals surface area contributed by atoms with Crippen molar-refractivity contribution in [3.05, 3.63) is 24.3 Å². The molecule has 0 radical (unpaired) electrons. The Labute approximate surface area is 168 Å². The highest BCUT2D eigenvalue weighted by molar-refractivity contribution is 5.85. The van der Waals surface area contributed by atoms with E-state index in [9.17, 15) is 18.0 Å². The largest absolute Gasteiger partial charge is 0.573 e. The molecule has 1 unspecified atom stereocenters. The van der Waals surface area contributed by atoms with Crippen LogP contribution in [0, 0.1) is 0 Å². The first-order chi connectivity index (χ1) is 12.7. The van der Waals surface area contributed by atoms with Crippen molar-refractivity contribution >= 4 is 18.4 Å². The van der Waals surface area contributed by atoms with Gasteiger partial charge in [-0.25, -0.2) is 0 Å². The number of ether oxygens (including phenoxy) is 2. The number of benzene rings is 1. The molecule has 1 N–H and O–H groups in total. The fraction of sp³-hybridized carbons (Fsp3) is 0.611. The quantitative estimate of drug-likeness (QED) is 0.688. The molecule has 10 heteroatoms. The van der Waals surface area contributed by atoms with Gasteiger partial charge in [-0.1, -0.05) is 0 Å². The summed E-state index contributed by atoms with van der Waals surface area (Å²) in [6.07, 6.45) is -1.86. The van der Waals surface area contributed by atoms with Crippen LogP contribution in [0.2, 0.25) is 0 Å². The van der Waals surface area contributed by atoms with Crippen molar-refractivity contribution in [3.63, 3.8) is 0 Å². The monoisotopic (exact) mass is 426 g/mol. The first-order valence-corrected chi connectivity index (χ1v) is 8.86. The lowest BCUT2D eigenvalue weighted by Crippen LogP contribution is -2.37. The molecular formula is C18H26ClF3N2O4. The van der Waals surface area contributed by atoms with Crippen LogP contribution < -0.4 is 9.47 Å². The minimum Gasteiger partial charge on any atom is -0.492 e. The van der Waals surface area contributed by atoms with Crippen molar-refractivity contribution in [2.45, 2.75) is 31.7 Å². The number of hydrogen-bond acceptors (Lipinski definition) is 5. The third kappa shape index (κ3) is 8.99. The summed E-state index contributed by atoms with van der Waals surface area (Å²) in [4.78, 5) is 15.0. The lowest BCUT2D eigenvalue weighted by atomic mass is 10.1. The van der Waals surface area contributed by atoms with Gasteiger partial charge in [0, 0.05) is 12.6 Å². The molecule has 1 aliphatic heterocycles. The molecule has 2 rings (SSSR count). The van der Waals surface area contributed by atoms with Crippen molar-refractivity contribution in [1.82, 2.24) is 9.80 Å². The zero-order valence-corrected chi connectivity index (χ0v) is 16.5. The fourth-order valence-electron chi connectivity index (χ4n) is 3.18. The maximum atomic E-state index is 12.1. The molecule has 1 aliphatic rings. The molecule has 1 atom stereocenters. The Kier molecular flexibility index (Phi) is 9.84. The van der Waals surface area contributed by atoms with Crippen LogP contribution in [0.15, 0.2) is 24.3 Å². The van der Waals surface area contributed by atoms with E-state index >= 15 is 0 Å². The predicted octanol–water partition coefficient (Wildman–Crippen LogP) is 3.26. The van der Waals surface area contributed by atoms with Gasteiger partial charge >= 0.3 is 12.3 Å². The Balaban J connectivity index is 0.00000392. The number of carboxylic acids is 1. The first-order valence-electron chi connectivity index (χ1n) is 8.86. The highest BCUT2D eigenvalue weighted by atomic mass is 35.5. The van der Waals surface area contributed by atoms with Gasteiger partial charge < -0.3 is 14.6 Å². The van der Waals surface area contributed by atoms with E-state index in [2.05, 4.69) is 9.64 Å². The minimum absolute atomic E-state index is 0. The number of carboxylic acid groups (broad SMARTS) is 1. The van der Waals surface area contributed by atoms with E-state index in [1.807, 2.05) is 11.9 Å². The summed E-state index contributed by atoms with van der Waals surface area (Å²) in [7, 11) is 1.84. The van der Waals surface area contributed by atoms with Crippen LogP contribution in [0.3, 0.4) is 0 Å². The molecule has 1 fully saturated rings. The molecular weight excluding hydrogens is 401 g/mol. The first kappa shape index (κ1) is 24.3. The topological polar surface area (TPSA) is 62.2 Å². The Hall–Kier alpha value is -1.71. The lowest BCUT2D eigenvalue weighted by Gasteiger charge is -2.25. The molecule has 6 nitrogen and oxygen atoms in total. The fourth-order valence-corrected chi connectivity index (χ4v) is 3.18. The van der Waals surface area contributed by atoms with E-state index in [0.717, 1.165) is 32.4 Å². The Morgan fingerprint density at radius 2 is 1.86 bits per heavy atom. The number of aliphatic carboxylic acids is 1. The van der Waals surface area contributed by atoms with E-state index in [1.165, 1.54) is 24.3 Å². The van der Waals surface area contributed by atoms with Gasteiger partial charge in [-0.3, -0.25) is 14.6 Å². The Bertz CT molecular complexity index is 601. The second-order valence-electron chi connectivity index (χ2n) is 6.60. The molecule has 28 heavy (non-hydrogen) atoms. The van der Waals surface area contributed by atoms with E-state index in [1.54, 1.807) is 0 Å². The third-order valence-electron chi connectivity index (χ3n) is 4.53. The molecule has 0 spiro atoms. The molecule has 0 aliphatic carbocycles. The summed E-state index contributed by atoms with van der Waals surface area (Å²) >= 11 is 0. The average Bonchev–Trinajstić information content (AvgIpc) is 2.80. The van der Waals surface area contributed by atoms with Gasteiger partial charge in [0.2, 0.25) is 0 Å². The van der Waals surface area contributed by atoms with Crippen LogP contribution in [0.5, 0.6) is 11.5 Å². The number of rotatable bonds is 8. The number of carbonyl (C=O) groups is 1. The van der Waals surface area contributed by atoms with Crippen LogP contribution in [-0.4, -0.2) is 73.1 Å². The molecule has 0 aromatic heterocycles. The Morgan fingerprint density at radius 3 is 2.46 bits per heavy atom. The zero-order valence-electron chi connectivity index (χ0n) is 15.7. The van der Waals surface area contributed by atoms with E-state index < -0.39 is 12.3 Å². The number of hydrogen-bond donors (Lipinski definition) is 1. The van der Waals surface area contributed by atoms with Crippen molar-refractivity contribution < 1.29 is 32.5 Å². The molecule has 1 aromatic carbocycles. The average molecular weight is 427 g/mol. The number of nitrogens with zero attached hydrogens (tertiary/aromatic N) is 2. The van der Waals surface area contributed by atoms with Gasteiger partial charge in [-0.05, 0) is 63.7 Å². The molecule has 160 valence electrons. The number of alkyl halides is 3. The maximum Gasteiger partial charge on any atom is 0.573 e. The van der Waals surface area contributed by atoms with E-state index in [0.29, 0.717) is 18.9 Å². The SMILES string of the molecule is CN(CC(=O)O)C1CCCN(CCOc2ccc(OC(F)(F)F)cc2)CC1.Cl. The van der Waals surface area contributed by atoms with Crippen LogP contribution in [0.4, 0.5) is 13.2 Å². The van der Waals surface area contributed by atoms with Gasteiger partial charge in [-0.15, -0.1) is 25.6 Å². The van der Waals surface area contributed by atoms with Crippen molar-refractivity contribution in [3.8, 4) is 11.5 Å². The molecule has 0 bridgehead atoms. The summed E-state index contributed by atoms with van der Waals surface area (Å²) in [5.41, 5.74) is 0. The number of likely N-dealkylation sites (N-methyl/N-ethyl adjacent to an activating group) is 1. The molecule has 0 amide bonds. The maximum absolute atomic E-state index is 12.1. The predicted molar refractivity (Wildman–Crippen MR) is 100 cm³/mol. The highest BCUT2D eigenvalue weighted by Crippen LogP contribution is 2.24. The van der Waals surface area contributed by atoms with E-state index in [-0.39, 0.29) is 30.7 Å². The zero-order chi connectivity index (χ0) is 19.9. The normalized spacial score (nSPS) is 18.2. The van der Waals surface area contributed by atoms with E-state index in [4.69, 9.17) is 9.84 Å². The van der Waals surface area contributed by atoms with Gasteiger partial charge in [0.15, 0.2) is 0 Å². The highest BCUT2D eigenvalue weighted by Gasteiger charge is 2.31. The third-order valence-corrected chi connectivity index (χ3v) is 4.53. The second kappa shape index (κ2) is 11.3. The van der Waals surface area contributed by atoms with Gasteiger partial charge in [0.1, 0.15) is 18.1 Å². The molecule has 1 heterocycles. The second-order valence-corrected chi connectivity index (χ2v) is 6.60. The smallest absolute Gasteiger partial charge is 0.492 e. The number of likely N-dealkylation sites (tertiary alicyclic amines) is 1.